The Labute approximate surface area is 233 Å². The summed E-state index contributed by atoms with van der Waals surface area (Å²) >= 11 is 6.89. The van der Waals surface area contributed by atoms with Gasteiger partial charge in [0.05, 0.1) is 28.8 Å². The first-order chi connectivity index (χ1) is 18.4. The van der Waals surface area contributed by atoms with Crippen molar-refractivity contribution in [1.29, 1.82) is 0 Å². The quantitative estimate of drug-likeness (QED) is 0.279. The van der Waals surface area contributed by atoms with Crippen LogP contribution in [0.1, 0.15) is 37.8 Å². The fourth-order valence-corrected chi connectivity index (χ4v) is 6.57. The summed E-state index contributed by atoms with van der Waals surface area (Å²) in [5.74, 6) is 1.33. The molecule has 0 atom stereocenters. The molecule has 0 bridgehead atoms. The number of aromatic nitrogens is 1. The molecular formula is C30H33N3O3S2. The Balaban J connectivity index is 1.51. The molecule has 5 rings (SSSR count). The van der Waals surface area contributed by atoms with Crippen LogP contribution in [-0.2, 0) is 17.8 Å². The SMILES string of the molecule is CCn1c(=O)c(C=C2SC(=S)N(CCc3ccc(OC)cc3)C2=O)c(N2CCC(C)CC2)c2ccccc21. The molecule has 0 radical (unpaired) electrons. The van der Waals surface area contributed by atoms with Crippen molar-refractivity contribution in [2.24, 2.45) is 5.92 Å². The maximum atomic E-state index is 13.9. The van der Waals surface area contributed by atoms with Crippen LogP contribution in [0.3, 0.4) is 0 Å². The Morgan fingerprint density at radius 1 is 1.08 bits per heavy atom. The minimum atomic E-state index is -0.137. The van der Waals surface area contributed by atoms with Gasteiger partial charge in [0.15, 0.2) is 0 Å². The van der Waals surface area contributed by atoms with E-state index in [9.17, 15) is 9.59 Å². The van der Waals surface area contributed by atoms with Gasteiger partial charge < -0.3 is 14.2 Å². The normalized spacial score (nSPS) is 17.7. The smallest absolute Gasteiger partial charge is 0.266 e. The van der Waals surface area contributed by atoms with Gasteiger partial charge in [0.25, 0.3) is 11.5 Å². The number of pyridine rings is 1. The highest BCUT2D eigenvalue weighted by molar-refractivity contribution is 8.26. The first-order valence-corrected chi connectivity index (χ1v) is 14.4. The summed E-state index contributed by atoms with van der Waals surface area (Å²) in [5, 5.41) is 1.05. The van der Waals surface area contributed by atoms with Crippen LogP contribution in [0.25, 0.3) is 17.0 Å². The first kappa shape index (κ1) is 26.5. The number of anilines is 1. The van der Waals surface area contributed by atoms with Crippen molar-refractivity contribution >= 4 is 56.9 Å². The molecular weight excluding hydrogens is 514 g/mol. The average molecular weight is 548 g/mol. The molecule has 0 saturated carbocycles. The number of methoxy groups -OCH3 is 1. The van der Waals surface area contributed by atoms with Crippen molar-refractivity contribution in [1.82, 2.24) is 9.47 Å². The second kappa shape index (κ2) is 11.3. The summed E-state index contributed by atoms with van der Waals surface area (Å²) in [6.07, 6.45) is 4.64. The van der Waals surface area contributed by atoms with Crippen LogP contribution in [-0.4, -0.2) is 46.4 Å². The van der Waals surface area contributed by atoms with Gasteiger partial charge in [0.1, 0.15) is 10.1 Å². The molecule has 1 amide bonds. The number of ether oxygens (including phenoxy) is 1. The number of amides is 1. The van der Waals surface area contributed by atoms with E-state index in [1.54, 1.807) is 18.1 Å². The number of thiocarbonyl (C=S) groups is 1. The first-order valence-electron chi connectivity index (χ1n) is 13.2. The number of hydrogen-bond acceptors (Lipinski definition) is 6. The largest absolute Gasteiger partial charge is 0.497 e. The zero-order chi connectivity index (χ0) is 26.8. The second-order valence-electron chi connectivity index (χ2n) is 9.93. The maximum Gasteiger partial charge on any atom is 0.266 e. The lowest BCUT2D eigenvalue weighted by Crippen LogP contribution is -2.36. The third-order valence-electron chi connectivity index (χ3n) is 7.53. The number of rotatable bonds is 7. The Morgan fingerprint density at radius 2 is 1.79 bits per heavy atom. The zero-order valence-corrected chi connectivity index (χ0v) is 23.7. The summed E-state index contributed by atoms with van der Waals surface area (Å²) in [6, 6.07) is 15.9. The Bertz CT molecular complexity index is 1450. The number of piperidine rings is 1. The summed E-state index contributed by atoms with van der Waals surface area (Å²) in [6.45, 7) is 7.10. The van der Waals surface area contributed by atoms with Crippen LogP contribution in [0.5, 0.6) is 5.75 Å². The van der Waals surface area contributed by atoms with E-state index < -0.39 is 0 Å². The molecule has 8 heteroatoms. The minimum absolute atomic E-state index is 0.0664. The van der Waals surface area contributed by atoms with Gasteiger partial charge in [-0.3, -0.25) is 14.5 Å². The highest BCUT2D eigenvalue weighted by atomic mass is 32.2. The molecule has 2 fully saturated rings. The van der Waals surface area contributed by atoms with Crippen LogP contribution in [0.15, 0.2) is 58.2 Å². The number of thioether (sulfide) groups is 1. The number of carbonyl (C=O) groups excluding carboxylic acids is 1. The number of nitrogens with zero attached hydrogens (tertiary/aromatic N) is 3. The molecule has 2 aliphatic rings. The Morgan fingerprint density at radius 3 is 2.47 bits per heavy atom. The highest BCUT2D eigenvalue weighted by Gasteiger charge is 2.33. The van der Waals surface area contributed by atoms with Gasteiger partial charge in [-0.15, -0.1) is 0 Å². The molecule has 0 spiro atoms. The van der Waals surface area contributed by atoms with Crippen molar-refractivity contribution in [3.8, 4) is 5.75 Å². The minimum Gasteiger partial charge on any atom is -0.497 e. The average Bonchev–Trinajstić information content (AvgIpc) is 3.20. The molecule has 6 nitrogen and oxygen atoms in total. The van der Waals surface area contributed by atoms with E-state index in [1.165, 1.54) is 11.8 Å². The third kappa shape index (κ3) is 5.12. The topological polar surface area (TPSA) is 54.8 Å². The van der Waals surface area contributed by atoms with E-state index in [0.717, 1.165) is 53.8 Å². The van der Waals surface area contributed by atoms with E-state index in [1.807, 2.05) is 54.0 Å². The predicted molar refractivity (Wildman–Crippen MR) is 161 cm³/mol. The molecule has 2 aliphatic heterocycles. The standard InChI is InChI=1S/C30H33N3O3S2/c1-4-32-25-8-6-5-7-23(25)27(31-16-13-20(2)14-17-31)24(28(32)34)19-26-29(35)33(30(37)38-26)18-15-21-9-11-22(36-3)12-10-21/h5-12,19-20H,4,13-18H2,1-3H3. The van der Waals surface area contributed by atoms with Crippen LogP contribution >= 0.6 is 24.0 Å². The predicted octanol–water partition coefficient (Wildman–Crippen LogP) is 5.71. The van der Waals surface area contributed by atoms with Gasteiger partial charge in [-0.2, -0.15) is 0 Å². The summed E-state index contributed by atoms with van der Waals surface area (Å²) in [5.41, 5.74) is 3.48. The Hall–Kier alpha value is -3.10. The highest BCUT2D eigenvalue weighted by Crippen LogP contribution is 2.37. The summed E-state index contributed by atoms with van der Waals surface area (Å²) in [4.78, 5) is 31.9. The van der Waals surface area contributed by atoms with Crippen LogP contribution in [0, 0.1) is 5.92 Å². The van der Waals surface area contributed by atoms with Crippen LogP contribution < -0.4 is 15.2 Å². The molecule has 2 saturated heterocycles. The number of aryl methyl sites for hydroxylation is 1. The van der Waals surface area contributed by atoms with Gasteiger partial charge in [0.2, 0.25) is 0 Å². The van der Waals surface area contributed by atoms with Crippen molar-refractivity contribution in [2.75, 3.05) is 31.6 Å². The number of fused-ring (bicyclic) bond motifs is 1. The molecule has 3 heterocycles. The van der Waals surface area contributed by atoms with Crippen molar-refractivity contribution in [3.05, 3.63) is 74.9 Å². The Kier molecular flexibility index (Phi) is 7.91. The van der Waals surface area contributed by atoms with Crippen molar-refractivity contribution in [2.45, 2.75) is 39.7 Å². The summed E-state index contributed by atoms with van der Waals surface area (Å²) in [7, 11) is 1.64. The lowest BCUT2D eigenvalue weighted by molar-refractivity contribution is -0.122. The number of benzene rings is 2. The molecule has 0 N–H and O–H groups in total. The van der Waals surface area contributed by atoms with Gasteiger partial charge in [-0.05, 0) is 61.9 Å². The van der Waals surface area contributed by atoms with Gasteiger partial charge in [-0.1, -0.05) is 61.2 Å². The maximum absolute atomic E-state index is 13.9. The molecule has 38 heavy (non-hydrogen) atoms. The van der Waals surface area contributed by atoms with E-state index in [0.29, 0.717) is 40.2 Å². The fraction of sp³-hybridized carbons (Fsp3) is 0.367. The van der Waals surface area contributed by atoms with Gasteiger partial charge in [0, 0.05) is 31.6 Å². The second-order valence-corrected chi connectivity index (χ2v) is 11.6. The molecule has 0 unspecified atom stereocenters. The van der Waals surface area contributed by atoms with Crippen molar-refractivity contribution in [3.63, 3.8) is 0 Å². The number of para-hydroxylation sites is 1. The zero-order valence-electron chi connectivity index (χ0n) is 22.1. The van der Waals surface area contributed by atoms with Crippen LogP contribution in [0.4, 0.5) is 5.69 Å². The lowest BCUT2D eigenvalue weighted by atomic mass is 9.97. The molecule has 0 aliphatic carbocycles. The van der Waals surface area contributed by atoms with E-state index >= 15 is 0 Å². The van der Waals surface area contributed by atoms with Crippen molar-refractivity contribution < 1.29 is 9.53 Å². The van der Waals surface area contributed by atoms with Gasteiger partial charge >= 0.3 is 0 Å². The lowest BCUT2D eigenvalue weighted by Gasteiger charge is -2.34. The third-order valence-corrected chi connectivity index (χ3v) is 8.91. The molecule has 3 aromatic rings. The molecule has 1 aromatic heterocycles. The molecule has 198 valence electrons. The van der Waals surface area contributed by atoms with Gasteiger partial charge in [-0.25, -0.2) is 0 Å². The van der Waals surface area contributed by atoms with E-state index in [4.69, 9.17) is 17.0 Å². The fourth-order valence-electron chi connectivity index (χ4n) is 5.28. The molecule has 2 aromatic carbocycles. The number of carbonyl (C=O) groups is 1. The van der Waals surface area contributed by atoms with E-state index in [-0.39, 0.29) is 11.5 Å². The monoisotopic (exact) mass is 547 g/mol. The number of hydrogen-bond donors (Lipinski definition) is 0. The summed E-state index contributed by atoms with van der Waals surface area (Å²) < 4.78 is 7.57. The van der Waals surface area contributed by atoms with Crippen LogP contribution in [0.2, 0.25) is 0 Å². The van der Waals surface area contributed by atoms with E-state index in [2.05, 4.69) is 17.9 Å².